The standard InChI is InChI=1S/C19H29N/c1-7-9-18-17(11-13-20-14-15(3)8-2)16(4)10-12-19(18,5)6/h7-9,14,20H,2,4,10-13H2,1,3,5-6H3/b9-7-,15-14-. The first kappa shape index (κ1) is 16.6. The van der Waals surface area contributed by atoms with Crippen molar-refractivity contribution in [3.63, 3.8) is 0 Å². The molecule has 1 nitrogen and oxygen atoms in total. The second-order valence-electron chi connectivity index (χ2n) is 6.18. The van der Waals surface area contributed by atoms with Gasteiger partial charge in [-0.1, -0.05) is 50.8 Å². The van der Waals surface area contributed by atoms with E-state index < -0.39 is 0 Å². The fourth-order valence-electron chi connectivity index (χ4n) is 2.64. The number of hydrogen-bond acceptors (Lipinski definition) is 1. The Morgan fingerprint density at radius 3 is 2.70 bits per heavy atom. The molecule has 0 bridgehead atoms. The second-order valence-corrected chi connectivity index (χ2v) is 6.18. The Kier molecular flexibility index (Phi) is 6.06. The first-order chi connectivity index (χ1) is 9.42. The van der Waals surface area contributed by atoms with Gasteiger partial charge in [0.15, 0.2) is 0 Å². The number of hydrogen-bond donors (Lipinski definition) is 1. The van der Waals surface area contributed by atoms with Gasteiger partial charge < -0.3 is 5.32 Å². The molecule has 0 unspecified atom stereocenters. The van der Waals surface area contributed by atoms with E-state index in [1.54, 1.807) is 0 Å². The van der Waals surface area contributed by atoms with Crippen LogP contribution in [0.2, 0.25) is 0 Å². The highest BCUT2D eigenvalue weighted by atomic mass is 14.8. The van der Waals surface area contributed by atoms with Crippen molar-refractivity contribution in [1.29, 1.82) is 0 Å². The Labute approximate surface area is 124 Å². The number of nitrogens with one attached hydrogen (secondary N) is 1. The molecular weight excluding hydrogens is 242 g/mol. The summed E-state index contributed by atoms with van der Waals surface area (Å²) in [6.45, 7) is 17.8. The zero-order valence-corrected chi connectivity index (χ0v) is 13.6. The monoisotopic (exact) mass is 271 g/mol. The molecule has 1 N–H and O–H groups in total. The van der Waals surface area contributed by atoms with Gasteiger partial charge in [0, 0.05) is 6.54 Å². The lowest BCUT2D eigenvalue weighted by Crippen LogP contribution is -2.22. The number of allylic oxidation sites excluding steroid dienone is 6. The molecule has 0 atom stereocenters. The first-order valence-electron chi connectivity index (χ1n) is 7.49. The van der Waals surface area contributed by atoms with Crippen molar-refractivity contribution < 1.29 is 0 Å². The molecule has 0 heterocycles. The fourth-order valence-corrected chi connectivity index (χ4v) is 2.64. The van der Waals surface area contributed by atoms with Gasteiger partial charge >= 0.3 is 0 Å². The molecule has 0 fully saturated rings. The molecular formula is C19H29N. The van der Waals surface area contributed by atoms with Crippen LogP contribution in [0.3, 0.4) is 0 Å². The lowest BCUT2D eigenvalue weighted by Gasteiger charge is -2.35. The minimum absolute atomic E-state index is 0.260. The van der Waals surface area contributed by atoms with E-state index in [1.807, 2.05) is 19.2 Å². The van der Waals surface area contributed by atoms with Gasteiger partial charge in [0.05, 0.1) is 0 Å². The summed E-state index contributed by atoms with van der Waals surface area (Å²) in [6, 6.07) is 0. The van der Waals surface area contributed by atoms with Gasteiger partial charge in [-0.25, -0.2) is 0 Å². The molecule has 0 saturated heterocycles. The third-order valence-corrected chi connectivity index (χ3v) is 4.04. The zero-order chi connectivity index (χ0) is 15.2. The molecule has 1 aliphatic rings. The van der Waals surface area contributed by atoms with Crippen molar-refractivity contribution >= 4 is 0 Å². The zero-order valence-electron chi connectivity index (χ0n) is 13.6. The Hall–Kier alpha value is -1.50. The summed E-state index contributed by atoms with van der Waals surface area (Å²) in [4.78, 5) is 0. The van der Waals surface area contributed by atoms with Crippen LogP contribution in [-0.4, -0.2) is 6.54 Å². The van der Waals surface area contributed by atoms with E-state index in [0.717, 1.165) is 25.0 Å². The second kappa shape index (κ2) is 7.33. The smallest absolute Gasteiger partial charge is 0.0182 e. The van der Waals surface area contributed by atoms with E-state index in [1.165, 1.54) is 23.1 Å². The summed E-state index contributed by atoms with van der Waals surface area (Å²) < 4.78 is 0. The van der Waals surface area contributed by atoms with E-state index in [0.29, 0.717) is 0 Å². The van der Waals surface area contributed by atoms with E-state index in [4.69, 9.17) is 0 Å². The van der Waals surface area contributed by atoms with Crippen LogP contribution in [-0.2, 0) is 0 Å². The predicted octanol–water partition coefficient (Wildman–Crippen LogP) is 5.30. The average molecular weight is 271 g/mol. The van der Waals surface area contributed by atoms with Crippen molar-refractivity contribution in [2.45, 2.75) is 47.0 Å². The van der Waals surface area contributed by atoms with Crippen molar-refractivity contribution in [3.05, 3.63) is 59.9 Å². The summed E-state index contributed by atoms with van der Waals surface area (Å²) in [6.07, 6.45) is 11.6. The largest absolute Gasteiger partial charge is 0.390 e. The van der Waals surface area contributed by atoms with Crippen LogP contribution >= 0.6 is 0 Å². The summed E-state index contributed by atoms with van der Waals surface area (Å²) >= 11 is 0. The van der Waals surface area contributed by atoms with Gasteiger partial charge in [0.25, 0.3) is 0 Å². The van der Waals surface area contributed by atoms with Crippen molar-refractivity contribution in [2.75, 3.05) is 6.54 Å². The molecule has 0 aromatic heterocycles. The quantitative estimate of drug-likeness (QED) is 0.510. The molecule has 0 aromatic rings. The maximum Gasteiger partial charge on any atom is 0.0182 e. The summed E-state index contributed by atoms with van der Waals surface area (Å²) in [5.74, 6) is 0. The van der Waals surface area contributed by atoms with Gasteiger partial charge in [0.1, 0.15) is 0 Å². The molecule has 0 saturated carbocycles. The van der Waals surface area contributed by atoms with Crippen molar-refractivity contribution in [3.8, 4) is 0 Å². The van der Waals surface area contributed by atoms with Crippen molar-refractivity contribution in [1.82, 2.24) is 5.32 Å². The van der Waals surface area contributed by atoms with E-state index in [9.17, 15) is 0 Å². The lowest BCUT2D eigenvalue weighted by atomic mass is 9.70. The first-order valence-corrected chi connectivity index (χ1v) is 7.49. The summed E-state index contributed by atoms with van der Waals surface area (Å²) in [5.41, 5.74) is 5.63. The van der Waals surface area contributed by atoms with Gasteiger partial charge in [0.2, 0.25) is 0 Å². The summed E-state index contributed by atoms with van der Waals surface area (Å²) in [5, 5.41) is 3.36. The van der Waals surface area contributed by atoms with Crippen LogP contribution in [0.5, 0.6) is 0 Å². The third-order valence-electron chi connectivity index (χ3n) is 4.04. The predicted molar refractivity (Wildman–Crippen MR) is 90.6 cm³/mol. The van der Waals surface area contributed by atoms with E-state index >= 15 is 0 Å². The van der Waals surface area contributed by atoms with Crippen LogP contribution in [0.25, 0.3) is 0 Å². The van der Waals surface area contributed by atoms with Crippen LogP contribution in [0.15, 0.2) is 59.9 Å². The van der Waals surface area contributed by atoms with E-state index in [2.05, 4.69) is 51.4 Å². The molecule has 1 aliphatic carbocycles. The molecule has 20 heavy (non-hydrogen) atoms. The van der Waals surface area contributed by atoms with Gasteiger partial charge in [-0.15, -0.1) is 0 Å². The highest BCUT2D eigenvalue weighted by Crippen LogP contribution is 2.43. The molecule has 0 radical (unpaired) electrons. The molecule has 1 rings (SSSR count). The molecule has 0 amide bonds. The third kappa shape index (κ3) is 4.26. The van der Waals surface area contributed by atoms with Gasteiger partial charge in [-0.2, -0.15) is 0 Å². The highest BCUT2D eigenvalue weighted by molar-refractivity contribution is 5.45. The van der Waals surface area contributed by atoms with Crippen LogP contribution in [0, 0.1) is 5.41 Å². The van der Waals surface area contributed by atoms with Crippen molar-refractivity contribution in [2.24, 2.45) is 5.41 Å². The molecule has 0 aliphatic heterocycles. The van der Waals surface area contributed by atoms with Gasteiger partial charge in [-0.05, 0) is 61.4 Å². The van der Waals surface area contributed by atoms with Crippen LogP contribution < -0.4 is 5.32 Å². The summed E-state index contributed by atoms with van der Waals surface area (Å²) in [7, 11) is 0. The SMILES string of the molecule is C=C/C(C)=C\NCCC1=C(/C=C\C)C(C)(C)CCC1=C. The minimum Gasteiger partial charge on any atom is -0.390 e. The number of rotatable bonds is 6. The molecule has 0 aromatic carbocycles. The average Bonchev–Trinajstić information content (AvgIpc) is 2.41. The topological polar surface area (TPSA) is 12.0 Å². The molecule has 0 spiro atoms. The molecule has 1 heteroatoms. The maximum atomic E-state index is 4.27. The van der Waals surface area contributed by atoms with Crippen LogP contribution in [0.1, 0.15) is 47.0 Å². The maximum absolute atomic E-state index is 4.27. The van der Waals surface area contributed by atoms with Gasteiger partial charge in [-0.3, -0.25) is 0 Å². The fraction of sp³-hybridized carbons (Fsp3) is 0.474. The normalized spacial score (nSPS) is 19.6. The molecule has 110 valence electrons. The van der Waals surface area contributed by atoms with E-state index in [-0.39, 0.29) is 5.41 Å². The van der Waals surface area contributed by atoms with Crippen LogP contribution in [0.4, 0.5) is 0 Å². The Balaban J connectivity index is 2.85. The Morgan fingerprint density at radius 2 is 2.10 bits per heavy atom. The Bertz CT molecular complexity index is 458. The Morgan fingerprint density at radius 1 is 1.40 bits per heavy atom. The minimum atomic E-state index is 0.260. The lowest BCUT2D eigenvalue weighted by molar-refractivity contribution is 0.398. The highest BCUT2D eigenvalue weighted by Gasteiger charge is 2.29.